The second-order valence-corrected chi connectivity index (χ2v) is 9.31. The minimum Gasteiger partial charge on any atom is -0.357 e. The lowest BCUT2D eigenvalue weighted by Crippen LogP contribution is -2.44. The molecule has 4 nitrogen and oxygen atoms in total. The summed E-state index contributed by atoms with van der Waals surface area (Å²) < 4.78 is 0. The number of guanidine groups is 1. The molecule has 3 unspecified atom stereocenters. The van der Waals surface area contributed by atoms with Gasteiger partial charge in [-0.1, -0.05) is 0 Å². The lowest BCUT2D eigenvalue weighted by Gasteiger charge is -2.31. The number of halogens is 1. The number of nitrogens with zero attached hydrogens (tertiary/aromatic N) is 2. The maximum absolute atomic E-state index is 4.90. The van der Waals surface area contributed by atoms with Crippen LogP contribution in [-0.4, -0.2) is 54.1 Å². The molecular formula is C19H33IN4S2. The molecule has 1 aliphatic heterocycles. The summed E-state index contributed by atoms with van der Waals surface area (Å²) >= 11 is 3.91. The maximum atomic E-state index is 4.90. The molecule has 1 aromatic heterocycles. The molecule has 1 aromatic rings. The average molecular weight is 509 g/mol. The van der Waals surface area contributed by atoms with Crippen molar-refractivity contribution in [2.75, 3.05) is 25.9 Å². The summed E-state index contributed by atoms with van der Waals surface area (Å²) in [5.74, 6) is 0.995. The minimum atomic E-state index is 0. The summed E-state index contributed by atoms with van der Waals surface area (Å²) in [7, 11) is 0. The SMILES string of the molecule is CCNC(=NCC(C)N1CCc2sccc2C1)NC1CCC(SC)C1.I. The van der Waals surface area contributed by atoms with Crippen molar-refractivity contribution in [1.82, 2.24) is 15.5 Å². The van der Waals surface area contributed by atoms with Gasteiger partial charge in [-0.2, -0.15) is 11.8 Å². The van der Waals surface area contributed by atoms with Crippen LogP contribution in [0.1, 0.15) is 43.6 Å². The van der Waals surface area contributed by atoms with E-state index < -0.39 is 0 Å². The number of thiophene rings is 1. The van der Waals surface area contributed by atoms with Crippen LogP contribution in [0.2, 0.25) is 0 Å². The third-order valence-corrected chi connectivity index (χ3v) is 7.49. The molecule has 3 rings (SSSR count). The molecule has 0 aromatic carbocycles. The highest BCUT2D eigenvalue weighted by molar-refractivity contribution is 14.0. The zero-order valence-electron chi connectivity index (χ0n) is 16.2. The van der Waals surface area contributed by atoms with E-state index in [4.69, 9.17) is 4.99 Å². The van der Waals surface area contributed by atoms with E-state index in [-0.39, 0.29) is 24.0 Å². The fourth-order valence-electron chi connectivity index (χ4n) is 3.78. The Morgan fingerprint density at radius 3 is 3.04 bits per heavy atom. The van der Waals surface area contributed by atoms with Crippen LogP contribution in [0.25, 0.3) is 0 Å². The van der Waals surface area contributed by atoms with Gasteiger partial charge in [-0.25, -0.2) is 0 Å². The zero-order valence-corrected chi connectivity index (χ0v) is 20.1. The predicted octanol–water partition coefficient (Wildman–Crippen LogP) is 3.95. The summed E-state index contributed by atoms with van der Waals surface area (Å²) in [6.45, 7) is 8.46. The molecule has 7 heteroatoms. The predicted molar refractivity (Wildman–Crippen MR) is 127 cm³/mol. The van der Waals surface area contributed by atoms with Crippen LogP contribution >= 0.6 is 47.1 Å². The van der Waals surface area contributed by atoms with Gasteiger partial charge in [-0.15, -0.1) is 35.3 Å². The minimum absolute atomic E-state index is 0. The molecule has 0 amide bonds. The Bertz CT molecular complexity index is 578. The summed E-state index contributed by atoms with van der Waals surface area (Å²) in [6.07, 6.45) is 7.27. The van der Waals surface area contributed by atoms with Crippen LogP contribution < -0.4 is 10.6 Å². The molecule has 1 fully saturated rings. The van der Waals surface area contributed by atoms with Crippen LogP contribution in [0.5, 0.6) is 0 Å². The van der Waals surface area contributed by atoms with E-state index >= 15 is 0 Å². The molecule has 3 atom stereocenters. The Balaban J connectivity index is 0.00000243. The lowest BCUT2D eigenvalue weighted by molar-refractivity contribution is 0.197. The van der Waals surface area contributed by atoms with Crippen LogP contribution in [-0.2, 0) is 13.0 Å². The molecule has 0 saturated heterocycles. The van der Waals surface area contributed by atoms with Gasteiger partial charge in [0.1, 0.15) is 0 Å². The van der Waals surface area contributed by atoms with Gasteiger partial charge in [0.05, 0.1) is 6.54 Å². The lowest BCUT2D eigenvalue weighted by atomic mass is 10.1. The largest absolute Gasteiger partial charge is 0.357 e. The first kappa shape index (κ1) is 22.3. The first-order chi connectivity index (χ1) is 12.2. The Hall–Kier alpha value is 0.01000. The van der Waals surface area contributed by atoms with Gasteiger partial charge in [-0.05, 0) is 62.8 Å². The quantitative estimate of drug-likeness (QED) is 0.347. The Morgan fingerprint density at radius 1 is 1.46 bits per heavy atom. The first-order valence-electron chi connectivity index (χ1n) is 9.56. The third-order valence-electron chi connectivity index (χ3n) is 5.38. The molecule has 1 aliphatic carbocycles. The van der Waals surface area contributed by atoms with Crippen LogP contribution in [0, 0.1) is 0 Å². The van der Waals surface area contributed by atoms with Gasteiger partial charge < -0.3 is 10.6 Å². The molecule has 2 aliphatic rings. The van der Waals surface area contributed by atoms with Crippen LogP contribution in [0.3, 0.4) is 0 Å². The van der Waals surface area contributed by atoms with Crippen LogP contribution in [0.15, 0.2) is 16.4 Å². The molecule has 2 N–H and O–H groups in total. The van der Waals surface area contributed by atoms with E-state index in [1.54, 1.807) is 4.88 Å². The number of aliphatic imine (C=N–C) groups is 1. The first-order valence-corrected chi connectivity index (χ1v) is 11.7. The smallest absolute Gasteiger partial charge is 0.191 e. The monoisotopic (exact) mass is 508 g/mol. The highest BCUT2D eigenvalue weighted by Gasteiger charge is 2.25. The average Bonchev–Trinajstić information content (AvgIpc) is 3.27. The van der Waals surface area contributed by atoms with Crippen LogP contribution in [0.4, 0.5) is 0 Å². The zero-order chi connectivity index (χ0) is 17.6. The summed E-state index contributed by atoms with van der Waals surface area (Å²) in [6, 6.07) is 3.34. The standard InChI is InChI=1S/C19H32N4S2.HI/c1-4-20-19(22-16-5-6-17(11-16)24-3)21-12-14(2)23-9-7-18-15(13-23)8-10-25-18;/h8,10,14,16-17H,4-7,9,11-13H2,1-3H3,(H2,20,21,22);1H. The van der Waals surface area contributed by atoms with Crippen molar-refractivity contribution >= 4 is 53.0 Å². The second-order valence-electron chi connectivity index (χ2n) is 7.17. The number of hydrogen-bond donors (Lipinski definition) is 2. The summed E-state index contributed by atoms with van der Waals surface area (Å²) in [5.41, 5.74) is 1.52. The van der Waals surface area contributed by atoms with Gasteiger partial charge in [-0.3, -0.25) is 9.89 Å². The number of nitrogens with one attached hydrogen (secondary N) is 2. The topological polar surface area (TPSA) is 39.7 Å². The van der Waals surface area contributed by atoms with Gasteiger partial charge in [0.15, 0.2) is 5.96 Å². The van der Waals surface area contributed by atoms with Crippen molar-refractivity contribution in [3.8, 4) is 0 Å². The molecule has 148 valence electrons. The summed E-state index contributed by atoms with van der Waals surface area (Å²) in [5, 5.41) is 10.1. The third kappa shape index (κ3) is 6.01. The van der Waals surface area contributed by atoms with E-state index in [1.807, 2.05) is 23.1 Å². The summed E-state index contributed by atoms with van der Waals surface area (Å²) in [4.78, 5) is 9.04. The number of hydrogen-bond acceptors (Lipinski definition) is 4. The van der Waals surface area contributed by atoms with Crippen molar-refractivity contribution in [2.24, 2.45) is 4.99 Å². The fraction of sp³-hybridized carbons (Fsp3) is 0.737. The van der Waals surface area contributed by atoms with Gasteiger partial charge >= 0.3 is 0 Å². The molecule has 1 saturated carbocycles. The van der Waals surface area contributed by atoms with E-state index in [0.29, 0.717) is 12.1 Å². The Morgan fingerprint density at radius 2 is 2.31 bits per heavy atom. The number of rotatable bonds is 6. The van der Waals surface area contributed by atoms with Crippen molar-refractivity contribution in [1.29, 1.82) is 0 Å². The number of thioether (sulfide) groups is 1. The molecule has 0 radical (unpaired) electrons. The van der Waals surface area contributed by atoms with Crippen molar-refractivity contribution in [2.45, 2.75) is 63.4 Å². The van der Waals surface area contributed by atoms with E-state index in [1.165, 1.54) is 31.2 Å². The molecule has 0 spiro atoms. The van der Waals surface area contributed by atoms with Crippen molar-refractivity contribution in [3.05, 3.63) is 21.9 Å². The second kappa shape index (κ2) is 11.1. The fourth-order valence-corrected chi connectivity index (χ4v) is 5.47. The normalized spacial score (nSPS) is 24.7. The number of fused-ring (bicyclic) bond motifs is 1. The Labute approximate surface area is 184 Å². The van der Waals surface area contributed by atoms with E-state index in [9.17, 15) is 0 Å². The highest BCUT2D eigenvalue weighted by Crippen LogP contribution is 2.28. The van der Waals surface area contributed by atoms with E-state index in [0.717, 1.165) is 37.4 Å². The van der Waals surface area contributed by atoms with Gasteiger partial charge in [0.2, 0.25) is 0 Å². The van der Waals surface area contributed by atoms with Crippen molar-refractivity contribution < 1.29 is 0 Å². The highest BCUT2D eigenvalue weighted by atomic mass is 127. The molecular weight excluding hydrogens is 475 g/mol. The van der Waals surface area contributed by atoms with Gasteiger partial charge in [0.25, 0.3) is 0 Å². The van der Waals surface area contributed by atoms with Gasteiger partial charge in [0, 0.05) is 41.8 Å². The molecule has 0 bridgehead atoms. The Kier molecular flexibility index (Phi) is 9.54. The molecule has 2 heterocycles. The van der Waals surface area contributed by atoms with Crippen molar-refractivity contribution in [3.63, 3.8) is 0 Å². The molecule has 26 heavy (non-hydrogen) atoms. The maximum Gasteiger partial charge on any atom is 0.191 e. The van der Waals surface area contributed by atoms with E-state index in [2.05, 4.69) is 47.1 Å².